The number of thioether (sulfide) groups is 1. The molecule has 0 saturated carbocycles. The number of carbonyl (C=O) groups excluding carboxylic acids is 3. The second kappa shape index (κ2) is 11.2. The van der Waals surface area contributed by atoms with Gasteiger partial charge in [-0.2, -0.15) is 0 Å². The van der Waals surface area contributed by atoms with Gasteiger partial charge in [0, 0.05) is 10.7 Å². The van der Waals surface area contributed by atoms with E-state index in [-0.39, 0.29) is 16.7 Å². The highest BCUT2D eigenvalue weighted by molar-refractivity contribution is 8.01. The fourth-order valence-electron chi connectivity index (χ4n) is 2.15. The fourth-order valence-corrected chi connectivity index (χ4v) is 3.27. The van der Waals surface area contributed by atoms with Crippen molar-refractivity contribution in [1.82, 2.24) is 0 Å². The minimum absolute atomic E-state index is 0.0192. The Hall–Kier alpha value is -2.29. The first kappa shape index (κ1) is 24.0. The first-order valence-electron chi connectivity index (χ1n) is 8.79. The molecule has 160 valence electrons. The molecule has 0 unspecified atom stereocenters. The minimum atomic E-state index is -1.07. The largest absolute Gasteiger partial charge is 0.452 e. The molecule has 2 aromatic carbocycles. The summed E-state index contributed by atoms with van der Waals surface area (Å²) in [6.07, 6.45) is -1.07. The Labute approximate surface area is 187 Å². The second-order valence-corrected chi connectivity index (χ2v) is 8.37. The molecular weight excluding hydrogens is 454 g/mol. The van der Waals surface area contributed by atoms with Crippen molar-refractivity contribution in [3.05, 3.63) is 58.3 Å². The van der Waals surface area contributed by atoms with Crippen molar-refractivity contribution in [3.8, 4) is 0 Å². The number of ether oxygens (including phenoxy) is 1. The number of carbonyl (C=O) groups is 3. The lowest BCUT2D eigenvalue weighted by molar-refractivity contribution is -0.152. The molecule has 2 N–H and O–H groups in total. The summed E-state index contributed by atoms with van der Waals surface area (Å²) in [4.78, 5) is 36.4. The average Bonchev–Trinajstić information content (AvgIpc) is 2.69. The van der Waals surface area contributed by atoms with Crippen LogP contribution in [0.2, 0.25) is 10.0 Å². The van der Waals surface area contributed by atoms with E-state index in [1.807, 2.05) is 0 Å². The van der Waals surface area contributed by atoms with Crippen LogP contribution in [0.5, 0.6) is 0 Å². The first-order valence-corrected chi connectivity index (χ1v) is 10.6. The van der Waals surface area contributed by atoms with Gasteiger partial charge in [0.25, 0.3) is 5.91 Å². The van der Waals surface area contributed by atoms with E-state index in [4.69, 9.17) is 27.9 Å². The number of amides is 2. The number of hydrogen-bond donors (Lipinski definition) is 2. The maximum Gasteiger partial charge on any atom is 0.319 e. The third-order valence-electron chi connectivity index (χ3n) is 3.78. The van der Waals surface area contributed by atoms with Crippen molar-refractivity contribution in [3.63, 3.8) is 0 Å². The van der Waals surface area contributed by atoms with Gasteiger partial charge in [0.2, 0.25) is 5.91 Å². The molecule has 0 aliphatic heterocycles. The molecule has 0 bridgehead atoms. The molecular formula is C20H19Cl2FN2O4S. The van der Waals surface area contributed by atoms with Gasteiger partial charge in [0.15, 0.2) is 6.10 Å². The van der Waals surface area contributed by atoms with E-state index in [0.29, 0.717) is 16.4 Å². The van der Waals surface area contributed by atoms with Crippen LogP contribution in [0.3, 0.4) is 0 Å². The summed E-state index contributed by atoms with van der Waals surface area (Å²) >= 11 is 12.9. The molecule has 0 aliphatic carbocycles. The van der Waals surface area contributed by atoms with E-state index in [2.05, 4.69) is 10.6 Å². The SMILES string of the molecule is C[C@H](SCC(=O)Nc1ccc(F)cc1)C(=O)O[C@H](C)C(=O)Nc1ccc(Cl)cc1Cl. The van der Waals surface area contributed by atoms with Crippen LogP contribution in [0.4, 0.5) is 15.8 Å². The van der Waals surface area contributed by atoms with Gasteiger partial charge in [-0.05, 0) is 56.3 Å². The van der Waals surface area contributed by atoms with Gasteiger partial charge >= 0.3 is 5.97 Å². The molecule has 2 rings (SSSR count). The molecule has 0 fully saturated rings. The highest BCUT2D eigenvalue weighted by atomic mass is 35.5. The first-order chi connectivity index (χ1) is 14.2. The van der Waals surface area contributed by atoms with Crippen molar-refractivity contribution in [1.29, 1.82) is 0 Å². The smallest absolute Gasteiger partial charge is 0.319 e. The van der Waals surface area contributed by atoms with E-state index < -0.39 is 29.0 Å². The molecule has 2 atom stereocenters. The molecule has 30 heavy (non-hydrogen) atoms. The van der Waals surface area contributed by atoms with Crippen molar-refractivity contribution in [2.24, 2.45) is 0 Å². The van der Waals surface area contributed by atoms with Crippen LogP contribution in [-0.2, 0) is 19.1 Å². The maximum atomic E-state index is 12.9. The Morgan fingerprint density at radius 3 is 2.37 bits per heavy atom. The highest BCUT2D eigenvalue weighted by Gasteiger charge is 2.23. The topological polar surface area (TPSA) is 84.5 Å². The Bertz CT molecular complexity index is 928. The highest BCUT2D eigenvalue weighted by Crippen LogP contribution is 2.25. The van der Waals surface area contributed by atoms with Crippen molar-refractivity contribution < 1.29 is 23.5 Å². The summed E-state index contributed by atoms with van der Waals surface area (Å²) in [5.74, 6) is -1.97. The lowest BCUT2D eigenvalue weighted by atomic mass is 10.3. The van der Waals surface area contributed by atoms with Crippen molar-refractivity contribution in [2.45, 2.75) is 25.2 Å². The zero-order valence-electron chi connectivity index (χ0n) is 16.1. The molecule has 0 radical (unpaired) electrons. The summed E-state index contributed by atoms with van der Waals surface area (Å²) in [5.41, 5.74) is 0.789. The number of esters is 1. The summed E-state index contributed by atoms with van der Waals surface area (Å²) in [6.45, 7) is 2.99. The Kier molecular flexibility index (Phi) is 8.95. The third kappa shape index (κ3) is 7.51. The number of halogens is 3. The van der Waals surface area contributed by atoms with Crippen molar-refractivity contribution >= 4 is 64.1 Å². The predicted molar refractivity (Wildman–Crippen MR) is 118 cm³/mol. The zero-order valence-corrected chi connectivity index (χ0v) is 18.4. The van der Waals surface area contributed by atoms with Gasteiger partial charge in [-0.3, -0.25) is 14.4 Å². The lowest BCUT2D eigenvalue weighted by Gasteiger charge is -2.17. The molecule has 2 amide bonds. The van der Waals surface area contributed by atoms with Crippen LogP contribution in [0.15, 0.2) is 42.5 Å². The normalized spacial score (nSPS) is 12.6. The van der Waals surface area contributed by atoms with E-state index in [1.165, 1.54) is 43.3 Å². The van der Waals surface area contributed by atoms with E-state index in [0.717, 1.165) is 11.8 Å². The Balaban J connectivity index is 1.78. The third-order valence-corrected chi connectivity index (χ3v) is 5.44. The van der Waals surface area contributed by atoms with Gasteiger partial charge in [-0.25, -0.2) is 4.39 Å². The van der Waals surface area contributed by atoms with Gasteiger partial charge in [-0.1, -0.05) is 23.2 Å². The fraction of sp³-hybridized carbons (Fsp3) is 0.250. The molecule has 0 aromatic heterocycles. The predicted octanol–water partition coefficient (Wildman–Crippen LogP) is 4.76. The molecule has 0 saturated heterocycles. The average molecular weight is 473 g/mol. The number of benzene rings is 2. The van der Waals surface area contributed by atoms with E-state index >= 15 is 0 Å². The zero-order chi connectivity index (χ0) is 22.3. The second-order valence-electron chi connectivity index (χ2n) is 6.20. The summed E-state index contributed by atoms with van der Waals surface area (Å²) in [7, 11) is 0. The number of anilines is 2. The van der Waals surface area contributed by atoms with Crippen LogP contribution in [0.1, 0.15) is 13.8 Å². The number of nitrogens with one attached hydrogen (secondary N) is 2. The summed E-state index contributed by atoms with van der Waals surface area (Å²) < 4.78 is 18.0. The Morgan fingerprint density at radius 1 is 1.07 bits per heavy atom. The van der Waals surface area contributed by atoms with E-state index in [1.54, 1.807) is 13.0 Å². The molecule has 0 aliphatic rings. The molecule has 0 heterocycles. The molecule has 10 heteroatoms. The minimum Gasteiger partial charge on any atom is -0.452 e. The van der Waals surface area contributed by atoms with Gasteiger partial charge in [0.05, 0.1) is 16.5 Å². The van der Waals surface area contributed by atoms with E-state index in [9.17, 15) is 18.8 Å². The molecule has 6 nitrogen and oxygen atoms in total. The number of rotatable bonds is 8. The van der Waals surface area contributed by atoms with Crippen molar-refractivity contribution in [2.75, 3.05) is 16.4 Å². The molecule has 0 spiro atoms. The van der Waals surface area contributed by atoms with Gasteiger partial charge in [-0.15, -0.1) is 11.8 Å². The van der Waals surface area contributed by atoms with Crippen LogP contribution in [-0.4, -0.2) is 34.9 Å². The quantitative estimate of drug-likeness (QED) is 0.540. The number of hydrogen-bond acceptors (Lipinski definition) is 5. The standard InChI is InChI=1S/C20H19Cl2FN2O4S/c1-11(19(27)25-17-8-3-13(21)9-16(17)22)29-20(28)12(2)30-10-18(26)24-15-6-4-14(23)5-7-15/h3-9,11-12H,10H2,1-2H3,(H,24,26)(H,25,27)/t11-,12+/m1/s1. The van der Waals surface area contributed by atoms with Crippen LogP contribution in [0, 0.1) is 5.82 Å². The summed E-state index contributed by atoms with van der Waals surface area (Å²) in [6, 6.07) is 9.90. The van der Waals surface area contributed by atoms with Gasteiger partial charge in [0.1, 0.15) is 11.1 Å². The summed E-state index contributed by atoms with van der Waals surface area (Å²) in [5, 5.41) is 5.15. The monoisotopic (exact) mass is 472 g/mol. The van der Waals surface area contributed by atoms with Gasteiger partial charge < -0.3 is 15.4 Å². The van der Waals surface area contributed by atoms with Crippen LogP contribution >= 0.6 is 35.0 Å². The Morgan fingerprint density at radius 2 is 1.73 bits per heavy atom. The maximum absolute atomic E-state index is 12.9. The van der Waals surface area contributed by atoms with Crippen LogP contribution < -0.4 is 10.6 Å². The lowest BCUT2D eigenvalue weighted by Crippen LogP contribution is -2.33. The van der Waals surface area contributed by atoms with Crippen LogP contribution in [0.25, 0.3) is 0 Å². The molecule has 2 aromatic rings.